The summed E-state index contributed by atoms with van der Waals surface area (Å²) in [5, 5.41) is 12.3. The van der Waals surface area contributed by atoms with E-state index >= 15 is 0 Å². The summed E-state index contributed by atoms with van der Waals surface area (Å²) in [6, 6.07) is 42.6. The molecule has 0 heterocycles. The quantitative estimate of drug-likeness (QED) is 0.161. The Morgan fingerprint density at radius 3 is 1.92 bits per heavy atom. The molecule has 0 saturated carbocycles. The first kappa shape index (κ1) is 41.7. The summed E-state index contributed by atoms with van der Waals surface area (Å²) >= 11 is 0. The van der Waals surface area contributed by atoms with Gasteiger partial charge in [-0.05, 0) is 188 Å². The molecule has 0 spiro atoms. The Labute approximate surface area is 371 Å². The Bertz CT molecular complexity index is 3050. The van der Waals surface area contributed by atoms with Gasteiger partial charge < -0.3 is 10.2 Å². The lowest BCUT2D eigenvalue weighted by Crippen LogP contribution is -2.23. The summed E-state index contributed by atoms with van der Waals surface area (Å²) in [4.78, 5) is 2.61. The third kappa shape index (κ3) is 6.95. The molecule has 8 aromatic rings. The number of nitrogens with zero attached hydrogens (tertiary/aromatic N) is 1. The molecule has 0 aromatic heterocycles. The number of para-hydroxylation sites is 1. The average Bonchev–Trinajstić information content (AvgIpc) is 3.20. The van der Waals surface area contributed by atoms with Crippen LogP contribution in [0.1, 0.15) is 132 Å². The van der Waals surface area contributed by atoms with Gasteiger partial charge in [-0.1, -0.05) is 136 Å². The van der Waals surface area contributed by atoms with Crippen LogP contribution >= 0.6 is 0 Å². The van der Waals surface area contributed by atoms with Crippen LogP contribution in [0.15, 0.2) is 109 Å². The molecule has 2 nitrogen and oxygen atoms in total. The van der Waals surface area contributed by atoms with Gasteiger partial charge in [0.25, 0.3) is 0 Å². The van der Waals surface area contributed by atoms with E-state index in [0.717, 1.165) is 24.2 Å². The van der Waals surface area contributed by atoms with Crippen LogP contribution in [0.3, 0.4) is 0 Å². The smallest absolute Gasteiger partial charge is 0.0543 e. The van der Waals surface area contributed by atoms with Crippen molar-refractivity contribution in [2.45, 2.75) is 132 Å². The van der Waals surface area contributed by atoms with Crippen molar-refractivity contribution in [1.82, 2.24) is 0 Å². The third-order valence-corrected chi connectivity index (χ3v) is 14.2. The molecular formula is C60H66N2. The van der Waals surface area contributed by atoms with E-state index in [-0.39, 0.29) is 16.2 Å². The molecule has 9 rings (SSSR count). The van der Waals surface area contributed by atoms with Crippen LogP contribution in [0.4, 0.5) is 28.4 Å². The minimum Gasteiger partial charge on any atom is -0.355 e. The molecule has 1 N–H and O–H groups in total. The van der Waals surface area contributed by atoms with Crippen molar-refractivity contribution >= 4 is 60.8 Å². The summed E-state index contributed by atoms with van der Waals surface area (Å²) in [7, 11) is 0. The fourth-order valence-corrected chi connectivity index (χ4v) is 10.3. The molecule has 0 radical (unpaired) electrons. The zero-order valence-corrected chi connectivity index (χ0v) is 39.8. The number of hydrogen-bond acceptors (Lipinski definition) is 2. The number of benzene rings is 8. The highest BCUT2D eigenvalue weighted by Crippen LogP contribution is 2.54. The standard InChI is InChI=1S/C60H66N2/c1-35(2)46-34-54(62(52-18-16-15-17-38(52)5)53-32-42(59(10,11)12)22-21-39(53)6)48-33-49-55-40(27-28-60(49,13)14)30-47(45-26-25-44(46)56(48)57(45)55)43-24-23-41(58(7,8)9)31-51(43)61-50-29-36(3)19-20-37(50)4/h15-26,29-35,61H,27-28H2,1-14H3. The fourth-order valence-electron chi connectivity index (χ4n) is 10.3. The molecule has 0 atom stereocenters. The zero-order valence-electron chi connectivity index (χ0n) is 39.8. The third-order valence-electron chi connectivity index (χ3n) is 14.2. The van der Waals surface area contributed by atoms with Gasteiger partial charge in [0.15, 0.2) is 0 Å². The lowest BCUT2D eigenvalue weighted by molar-refractivity contribution is 0.475. The molecular weight excluding hydrogens is 749 g/mol. The van der Waals surface area contributed by atoms with Crippen molar-refractivity contribution in [2.24, 2.45) is 0 Å². The van der Waals surface area contributed by atoms with E-state index in [2.05, 4.69) is 216 Å². The first-order valence-electron chi connectivity index (χ1n) is 23.0. The van der Waals surface area contributed by atoms with Gasteiger partial charge in [-0.25, -0.2) is 0 Å². The van der Waals surface area contributed by atoms with Crippen LogP contribution in [0, 0.1) is 27.7 Å². The van der Waals surface area contributed by atoms with Gasteiger partial charge in [0, 0.05) is 33.7 Å². The molecule has 8 aromatic carbocycles. The molecule has 0 amide bonds. The Kier molecular flexibility index (Phi) is 9.93. The van der Waals surface area contributed by atoms with Crippen LogP contribution in [-0.2, 0) is 22.7 Å². The summed E-state index contributed by atoms with van der Waals surface area (Å²) < 4.78 is 0. The Hall–Kier alpha value is -5.60. The fraction of sp³-hybridized carbons (Fsp3) is 0.333. The predicted octanol–water partition coefficient (Wildman–Crippen LogP) is 17.6. The van der Waals surface area contributed by atoms with E-state index in [0.29, 0.717) is 5.92 Å². The van der Waals surface area contributed by atoms with Crippen molar-refractivity contribution in [2.75, 3.05) is 10.2 Å². The number of nitrogens with one attached hydrogen (secondary N) is 1. The van der Waals surface area contributed by atoms with Crippen molar-refractivity contribution in [3.63, 3.8) is 0 Å². The molecule has 316 valence electrons. The number of hydrogen-bond donors (Lipinski definition) is 1. The highest BCUT2D eigenvalue weighted by molar-refractivity contribution is 6.30. The van der Waals surface area contributed by atoms with E-state index in [1.807, 2.05) is 0 Å². The Morgan fingerprint density at radius 1 is 0.548 bits per heavy atom. The molecule has 0 aliphatic heterocycles. The molecule has 1 aliphatic carbocycles. The van der Waals surface area contributed by atoms with Crippen LogP contribution in [0.5, 0.6) is 0 Å². The van der Waals surface area contributed by atoms with Gasteiger partial charge in [-0.15, -0.1) is 0 Å². The number of anilines is 5. The van der Waals surface area contributed by atoms with Crippen molar-refractivity contribution in [3.8, 4) is 11.1 Å². The normalized spacial score (nSPS) is 14.1. The molecule has 1 aliphatic rings. The Morgan fingerprint density at radius 2 is 1.21 bits per heavy atom. The van der Waals surface area contributed by atoms with E-state index in [1.165, 1.54) is 111 Å². The van der Waals surface area contributed by atoms with Gasteiger partial charge in [0.1, 0.15) is 0 Å². The molecule has 62 heavy (non-hydrogen) atoms. The monoisotopic (exact) mass is 815 g/mol. The van der Waals surface area contributed by atoms with Crippen molar-refractivity contribution in [1.29, 1.82) is 0 Å². The van der Waals surface area contributed by atoms with Crippen molar-refractivity contribution in [3.05, 3.63) is 159 Å². The van der Waals surface area contributed by atoms with Gasteiger partial charge >= 0.3 is 0 Å². The van der Waals surface area contributed by atoms with Gasteiger partial charge in [0.05, 0.1) is 5.69 Å². The van der Waals surface area contributed by atoms with Crippen molar-refractivity contribution < 1.29 is 0 Å². The van der Waals surface area contributed by atoms with E-state index in [9.17, 15) is 0 Å². The van der Waals surface area contributed by atoms with E-state index in [4.69, 9.17) is 0 Å². The highest BCUT2D eigenvalue weighted by atomic mass is 15.1. The summed E-state index contributed by atoms with van der Waals surface area (Å²) in [6.07, 6.45) is 2.16. The largest absolute Gasteiger partial charge is 0.355 e. The van der Waals surface area contributed by atoms with Gasteiger partial charge in [-0.2, -0.15) is 0 Å². The predicted molar refractivity (Wildman–Crippen MR) is 272 cm³/mol. The molecule has 2 heteroatoms. The minimum absolute atomic E-state index is 0.00310. The van der Waals surface area contributed by atoms with E-state index in [1.54, 1.807) is 0 Å². The zero-order chi connectivity index (χ0) is 44.2. The van der Waals surface area contributed by atoms with Gasteiger partial charge in [-0.3, -0.25) is 0 Å². The average molecular weight is 815 g/mol. The Balaban J connectivity index is 1.43. The summed E-state index contributed by atoms with van der Waals surface area (Å²) in [6.45, 7) is 32.6. The summed E-state index contributed by atoms with van der Waals surface area (Å²) in [5.41, 5.74) is 20.6. The SMILES string of the molecule is Cc1ccc(C)c(Nc2cc(C(C)(C)C)ccc2-c2cc3c4c(cc5c(N(c6ccccc6C)c6cc(C(C)(C)C)ccc6C)cc(C(C)C)c6ccc2c4c65)C(C)(C)CC3)c1. The molecule has 0 bridgehead atoms. The van der Waals surface area contributed by atoms with Crippen LogP contribution in [0.2, 0.25) is 0 Å². The minimum atomic E-state index is 0.00310. The second-order valence-corrected chi connectivity index (χ2v) is 21.7. The molecule has 0 fully saturated rings. The highest BCUT2D eigenvalue weighted by Gasteiger charge is 2.34. The maximum Gasteiger partial charge on any atom is 0.0543 e. The topological polar surface area (TPSA) is 15.3 Å². The first-order valence-corrected chi connectivity index (χ1v) is 23.0. The maximum absolute atomic E-state index is 4.00. The summed E-state index contributed by atoms with van der Waals surface area (Å²) in [5.74, 6) is 0.320. The lowest BCUT2D eigenvalue weighted by atomic mass is 9.69. The van der Waals surface area contributed by atoms with Crippen LogP contribution in [-0.4, -0.2) is 0 Å². The van der Waals surface area contributed by atoms with Crippen LogP contribution in [0.25, 0.3) is 43.4 Å². The second kappa shape index (κ2) is 14.8. The first-order chi connectivity index (χ1) is 29.2. The van der Waals surface area contributed by atoms with Gasteiger partial charge in [0.2, 0.25) is 0 Å². The number of rotatable bonds is 7. The molecule has 0 unspecified atom stereocenters. The second-order valence-electron chi connectivity index (χ2n) is 21.7. The molecule has 0 saturated heterocycles. The van der Waals surface area contributed by atoms with E-state index < -0.39 is 0 Å². The lowest BCUT2D eigenvalue weighted by Gasteiger charge is -2.37. The maximum atomic E-state index is 4.00. The van der Waals surface area contributed by atoms with Crippen LogP contribution < -0.4 is 10.2 Å². The number of aryl methyl sites for hydroxylation is 5.